The number of fused-ring (bicyclic) bond motifs is 2. The van der Waals surface area contributed by atoms with Crippen LogP contribution in [0.2, 0.25) is 5.28 Å². The number of halogens is 1. The van der Waals surface area contributed by atoms with E-state index in [1.807, 2.05) is 12.1 Å². The standard InChI is InChI=1S/C22H27ClN4O10P2/c23-22-25-21(24-16-6-5-12-3-1-2-4-14(12)16)18-8-7-17(27(18)26-22)15-9-13(19(28)20(15)29)10-35-37-39(34,36-30)11-38(31,32)33/h1-4,7-8,13,15-16,19-20,28-30H,5-6,9-11H2,(H,24,25,26)(H2,31,32,33)/t13-,15+,16-,19-,20+,39?/m1/s1. The summed E-state index contributed by atoms with van der Waals surface area (Å²) in [6.07, 6.45) is -0.514. The third-order valence-electron chi connectivity index (χ3n) is 7.07. The van der Waals surface area contributed by atoms with Gasteiger partial charge in [-0.05, 0) is 54.1 Å². The van der Waals surface area contributed by atoms with Crippen LogP contribution in [0.3, 0.4) is 0 Å². The number of hydrogen-bond acceptors (Lipinski definition) is 11. The van der Waals surface area contributed by atoms with Crippen molar-refractivity contribution in [3.8, 4) is 0 Å². The van der Waals surface area contributed by atoms with Gasteiger partial charge in [0.05, 0.1) is 24.9 Å². The van der Waals surface area contributed by atoms with Crippen molar-refractivity contribution in [2.45, 2.75) is 43.4 Å². The van der Waals surface area contributed by atoms with Crippen molar-refractivity contribution >= 4 is 38.1 Å². The minimum atomic E-state index is -4.87. The minimum absolute atomic E-state index is 0.0140. The van der Waals surface area contributed by atoms with Gasteiger partial charge in [0, 0.05) is 17.5 Å². The van der Waals surface area contributed by atoms with Crippen LogP contribution in [-0.4, -0.2) is 64.6 Å². The van der Waals surface area contributed by atoms with Gasteiger partial charge in [-0.25, -0.2) is 14.7 Å². The topological polar surface area (TPSA) is 205 Å². The first-order valence-electron chi connectivity index (χ1n) is 12.0. The molecule has 0 aliphatic heterocycles. The molecule has 1 saturated carbocycles. The fourth-order valence-corrected chi connectivity index (χ4v) is 7.93. The highest BCUT2D eigenvalue weighted by Gasteiger charge is 2.44. The van der Waals surface area contributed by atoms with Crippen LogP contribution in [0.25, 0.3) is 5.52 Å². The molecule has 14 nitrogen and oxygen atoms in total. The van der Waals surface area contributed by atoms with Crippen molar-refractivity contribution < 1.29 is 48.6 Å². The van der Waals surface area contributed by atoms with Gasteiger partial charge in [0.15, 0.2) is 11.7 Å². The largest absolute Gasteiger partial charge is 0.396 e. The Morgan fingerprint density at radius 1 is 1.13 bits per heavy atom. The zero-order chi connectivity index (χ0) is 27.9. The Morgan fingerprint density at radius 3 is 2.64 bits per heavy atom. The highest BCUT2D eigenvalue weighted by atomic mass is 35.5. The number of aliphatic hydroxyl groups excluding tert-OH is 2. The molecule has 0 amide bonds. The van der Waals surface area contributed by atoms with E-state index in [0.29, 0.717) is 17.0 Å². The molecule has 6 N–H and O–H groups in total. The van der Waals surface area contributed by atoms with E-state index >= 15 is 0 Å². The van der Waals surface area contributed by atoms with E-state index in [1.54, 1.807) is 16.6 Å². The monoisotopic (exact) mass is 604 g/mol. The Hall–Kier alpha value is -1.93. The van der Waals surface area contributed by atoms with Crippen molar-refractivity contribution in [2.75, 3.05) is 17.8 Å². The zero-order valence-corrected chi connectivity index (χ0v) is 22.8. The van der Waals surface area contributed by atoms with Gasteiger partial charge < -0.3 is 25.3 Å². The third kappa shape index (κ3) is 6.07. The molecule has 2 aromatic heterocycles. The molecule has 1 fully saturated rings. The number of rotatable bonds is 10. The van der Waals surface area contributed by atoms with Crippen LogP contribution in [-0.2, 0) is 29.8 Å². The van der Waals surface area contributed by atoms with Crippen LogP contribution in [0, 0.1) is 5.92 Å². The number of hydrogen-bond donors (Lipinski definition) is 6. The van der Waals surface area contributed by atoms with Gasteiger partial charge in [-0.3, -0.25) is 9.13 Å². The quantitative estimate of drug-likeness (QED) is 0.112. The van der Waals surface area contributed by atoms with Crippen molar-refractivity contribution in [3.05, 3.63) is 58.5 Å². The highest BCUT2D eigenvalue weighted by Crippen LogP contribution is 2.58. The van der Waals surface area contributed by atoms with E-state index in [-0.39, 0.29) is 17.7 Å². The molecule has 1 unspecified atom stereocenters. The second kappa shape index (κ2) is 11.2. The first-order valence-corrected chi connectivity index (χ1v) is 15.9. The summed E-state index contributed by atoms with van der Waals surface area (Å²) in [6, 6.07) is 11.7. The number of aryl methyl sites for hydroxylation is 1. The molecule has 6 atom stereocenters. The fourth-order valence-electron chi connectivity index (χ4n) is 5.32. The van der Waals surface area contributed by atoms with E-state index in [2.05, 4.69) is 36.9 Å². The minimum Gasteiger partial charge on any atom is -0.390 e. The molecular weight excluding hydrogens is 578 g/mol. The zero-order valence-electron chi connectivity index (χ0n) is 20.3. The van der Waals surface area contributed by atoms with Crippen LogP contribution < -0.4 is 5.32 Å². The van der Waals surface area contributed by atoms with Crippen LogP contribution in [0.5, 0.6) is 0 Å². The molecule has 0 radical (unpaired) electrons. The number of anilines is 1. The van der Waals surface area contributed by atoms with Crippen LogP contribution in [0.1, 0.15) is 41.6 Å². The van der Waals surface area contributed by atoms with Gasteiger partial charge in [-0.15, -0.1) is 14.4 Å². The van der Waals surface area contributed by atoms with Crippen LogP contribution in [0.4, 0.5) is 5.82 Å². The molecule has 2 heterocycles. The van der Waals surface area contributed by atoms with Gasteiger partial charge >= 0.3 is 15.2 Å². The summed E-state index contributed by atoms with van der Waals surface area (Å²) in [5.41, 5.74) is 3.65. The molecule has 212 valence electrons. The summed E-state index contributed by atoms with van der Waals surface area (Å²) >= 11 is 6.26. The second-order valence-electron chi connectivity index (χ2n) is 9.66. The maximum Gasteiger partial charge on any atom is 0.396 e. The van der Waals surface area contributed by atoms with E-state index in [1.165, 1.54) is 11.1 Å². The van der Waals surface area contributed by atoms with Gasteiger partial charge in [0.25, 0.3) is 0 Å². The molecule has 3 aromatic rings. The second-order valence-corrected chi connectivity index (χ2v) is 14.0. The average molecular weight is 605 g/mol. The normalized spacial score (nSPS) is 26.6. The first-order chi connectivity index (χ1) is 18.5. The van der Waals surface area contributed by atoms with Gasteiger partial charge in [-0.1, -0.05) is 24.3 Å². The summed E-state index contributed by atoms with van der Waals surface area (Å²) in [5, 5.41) is 38.0. The molecule has 39 heavy (non-hydrogen) atoms. The maximum absolute atomic E-state index is 12.1. The molecule has 0 saturated heterocycles. The van der Waals surface area contributed by atoms with E-state index in [4.69, 9.17) is 31.5 Å². The first kappa shape index (κ1) is 28.6. The number of nitrogens with zero attached hydrogens (tertiary/aromatic N) is 3. The number of aromatic nitrogens is 3. The smallest absolute Gasteiger partial charge is 0.390 e. The number of benzene rings is 1. The van der Waals surface area contributed by atoms with Crippen molar-refractivity contribution in [1.82, 2.24) is 14.6 Å². The Labute approximate surface area is 227 Å². The Morgan fingerprint density at radius 2 is 1.90 bits per heavy atom. The molecule has 17 heteroatoms. The van der Waals surface area contributed by atoms with Crippen LogP contribution in [0.15, 0.2) is 36.4 Å². The van der Waals surface area contributed by atoms with Gasteiger partial charge in [0.2, 0.25) is 5.28 Å². The van der Waals surface area contributed by atoms with E-state index in [9.17, 15) is 19.3 Å². The highest BCUT2D eigenvalue weighted by molar-refractivity contribution is 7.70. The summed E-state index contributed by atoms with van der Waals surface area (Å²) in [5.74, 6) is -2.23. The Kier molecular flexibility index (Phi) is 8.18. The van der Waals surface area contributed by atoms with E-state index in [0.717, 1.165) is 12.8 Å². The molecule has 0 spiro atoms. The van der Waals surface area contributed by atoms with Crippen molar-refractivity contribution in [2.24, 2.45) is 5.92 Å². The van der Waals surface area contributed by atoms with Crippen LogP contribution >= 0.6 is 26.8 Å². The third-order valence-corrected chi connectivity index (χ3v) is 10.7. The maximum atomic E-state index is 12.1. The predicted molar refractivity (Wildman–Crippen MR) is 137 cm³/mol. The lowest BCUT2D eigenvalue weighted by Gasteiger charge is -2.18. The summed E-state index contributed by atoms with van der Waals surface area (Å²) in [7, 11) is -9.54. The van der Waals surface area contributed by atoms with Crippen molar-refractivity contribution in [1.29, 1.82) is 0 Å². The molecule has 5 rings (SSSR count). The Bertz CT molecular complexity index is 1450. The lowest BCUT2D eigenvalue weighted by atomic mass is 10.0. The molecule has 0 bridgehead atoms. The Balaban J connectivity index is 1.32. The SMILES string of the molecule is O=P(O)(O)CP(=O)(OO)OOC[C@H]1C[C@@H](c2ccc3c(N[C@@H]4CCc5ccccc54)nc(Cl)nn23)[C@H](O)[C@@H]1O. The van der Waals surface area contributed by atoms with Gasteiger partial charge in [0.1, 0.15) is 5.52 Å². The molecule has 1 aromatic carbocycles. The number of nitrogens with one attached hydrogen (secondary N) is 1. The van der Waals surface area contributed by atoms with E-state index < -0.39 is 51.7 Å². The fraction of sp³-hybridized carbons (Fsp3) is 0.455. The predicted octanol–water partition coefficient (Wildman–Crippen LogP) is 3.07. The molecule has 2 aliphatic carbocycles. The lowest BCUT2D eigenvalue weighted by molar-refractivity contribution is -0.254. The lowest BCUT2D eigenvalue weighted by Crippen LogP contribution is -2.29. The summed E-state index contributed by atoms with van der Waals surface area (Å²) in [6.45, 7) is -0.420. The van der Waals surface area contributed by atoms with Gasteiger partial charge in [-0.2, -0.15) is 4.98 Å². The average Bonchev–Trinajstić information content (AvgIpc) is 3.55. The summed E-state index contributed by atoms with van der Waals surface area (Å²) in [4.78, 5) is 27.1. The molecule has 2 aliphatic rings. The summed E-state index contributed by atoms with van der Waals surface area (Å²) < 4.78 is 32.8. The molecular formula is C22H27ClN4O10P2. The van der Waals surface area contributed by atoms with Crippen molar-refractivity contribution in [3.63, 3.8) is 0 Å². The number of aliphatic hydroxyl groups is 2.